The molecule has 1 fully saturated rings. The smallest absolute Gasteiger partial charge is 0.217 e. The lowest BCUT2D eigenvalue weighted by atomic mass is 10.1. The number of anilines is 1. The Hall–Kier alpha value is -1.11. The Balaban J connectivity index is 1.74. The van der Waals surface area contributed by atoms with Crippen LogP contribution in [-0.2, 0) is 27.8 Å². The normalized spacial score (nSPS) is 23.7. The summed E-state index contributed by atoms with van der Waals surface area (Å²) in [6.45, 7) is 1.55. The van der Waals surface area contributed by atoms with Gasteiger partial charge in [-0.3, -0.25) is 0 Å². The molecule has 0 saturated carbocycles. The third-order valence-electron chi connectivity index (χ3n) is 3.74. The summed E-state index contributed by atoms with van der Waals surface area (Å²) in [7, 11) is -3.26. The van der Waals surface area contributed by atoms with Crippen LogP contribution >= 0.6 is 0 Å². The van der Waals surface area contributed by atoms with E-state index in [0.29, 0.717) is 25.4 Å². The van der Waals surface area contributed by atoms with Crippen LogP contribution < -0.4 is 5.73 Å². The van der Waals surface area contributed by atoms with Crippen molar-refractivity contribution in [2.45, 2.75) is 32.0 Å². The van der Waals surface area contributed by atoms with Gasteiger partial charge in [-0.05, 0) is 36.1 Å². The molecule has 19 heavy (non-hydrogen) atoms. The van der Waals surface area contributed by atoms with Crippen molar-refractivity contribution in [2.75, 3.05) is 18.1 Å². The van der Waals surface area contributed by atoms with Gasteiger partial charge in [0.25, 0.3) is 0 Å². The fraction of sp³-hybridized carbons (Fsp3) is 0.538. The molecular formula is C13H18N2O3S. The van der Waals surface area contributed by atoms with Gasteiger partial charge >= 0.3 is 0 Å². The summed E-state index contributed by atoms with van der Waals surface area (Å²) in [6.07, 6.45) is 1.66. The Kier molecular flexibility index (Phi) is 3.24. The lowest BCUT2D eigenvalue weighted by Crippen LogP contribution is -2.33. The number of sulfonamides is 1. The number of nitrogens with zero attached hydrogens (tertiary/aromatic N) is 1. The number of nitrogen functional groups attached to an aromatic ring is 1. The average molecular weight is 282 g/mol. The van der Waals surface area contributed by atoms with Crippen LogP contribution in [-0.4, -0.2) is 31.2 Å². The Morgan fingerprint density at radius 3 is 2.84 bits per heavy atom. The minimum Gasteiger partial charge on any atom is -0.399 e. The molecule has 104 valence electrons. The highest BCUT2D eigenvalue weighted by molar-refractivity contribution is 7.89. The number of fused-ring (bicyclic) bond motifs is 1. The van der Waals surface area contributed by atoms with Gasteiger partial charge in [0, 0.05) is 25.4 Å². The molecule has 2 heterocycles. The number of hydrogen-bond donors (Lipinski definition) is 1. The maximum absolute atomic E-state index is 12.4. The van der Waals surface area contributed by atoms with E-state index in [2.05, 4.69) is 0 Å². The zero-order chi connectivity index (χ0) is 13.5. The second kappa shape index (κ2) is 4.77. The van der Waals surface area contributed by atoms with Gasteiger partial charge in [-0.15, -0.1) is 0 Å². The average Bonchev–Trinajstić information content (AvgIpc) is 2.96. The van der Waals surface area contributed by atoms with Gasteiger partial charge in [0.1, 0.15) is 0 Å². The molecule has 0 spiro atoms. The molecular weight excluding hydrogens is 264 g/mol. The minimum absolute atomic E-state index is 0.0937. The van der Waals surface area contributed by atoms with Gasteiger partial charge in [-0.25, -0.2) is 8.42 Å². The van der Waals surface area contributed by atoms with Crippen molar-refractivity contribution in [3.05, 3.63) is 29.3 Å². The van der Waals surface area contributed by atoms with Crippen molar-refractivity contribution in [3.8, 4) is 0 Å². The zero-order valence-electron chi connectivity index (χ0n) is 10.7. The summed E-state index contributed by atoms with van der Waals surface area (Å²) in [5, 5.41) is 0. The van der Waals surface area contributed by atoms with Crippen molar-refractivity contribution in [1.82, 2.24) is 4.31 Å². The molecule has 0 bridgehead atoms. The molecule has 1 unspecified atom stereocenters. The highest BCUT2D eigenvalue weighted by atomic mass is 32.2. The molecule has 1 aromatic rings. The molecule has 5 nitrogen and oxygen atoms in total. The quantitative estimate of drug-likeness (QED) is 0.842. The first-order chi connectivity index (χ1) is 9.04. The molecule has 1 saturated heterocycles. The first-order valence-corrected chi connectivity index (χ1v) is 8.12. The minimum atomic E-state index is -3.26. The Labute approximate surface area is 113 Å². The van der Waals surface area contributed by atoms with E-state index >= 15 is 0 Å². The fourth-order valence-corrected chi connectivity index (χ4v) is 4.31. The number of benzene rings is 1. The van der Waals surface area contributed by atoms with E-state index in [0.717, 1.165) is 24.0 Å². The molecule has 1 atom stereocenters. The topological polar surface area (TPSA) is 72.6 Å². The lowest BCUT2D eigenvalue weighted by molar-refractivity contribution is 0.126. The van der Waals surface area contributed by atoms with E-state index < -0.39 is 10.0 Å². The van der Waals surface area contributed by atoms with Crippen molar-refractivity contribution >= 4 is 15.7 Å². The summed E-state index contributed by atoms with van der Waals surface area (Å²) in [5.41, 5.74) is 8.46. The highest BCUT2D eigenvalue weighted by Gasteiger charge is 2.32. The molecule has 0 radical (unpaired) electrons. The van der Waals surface area contributed by atoms with Gasteiger partial charge in [-0.2, -0.15) is 4.31 Å². The molecule has 2 aliphatic rings. The second-order valence-electron chi connectivity index (χ2n) is 5.21. The van der Waals surface area contributed by atoms with Crippen LogP contribution in [0.25, 0.3) is 0 Å². The summed E-state index contributed by atoms with van der Waals surface area (Å²) >= 11 is 0. The van der Waals surface area contributed by atoms with E-state index in [9.17, 15) is 8.42 Å². The molecule has 6 heteroatoms. The lowest BCUT2D eigenvalue weighted by Gasteiger charge is -2.18. The van der Waals surface area contributed by atoms with Crippen molar-refractivity contribution in [2.24, 2.45) is 0 Å². The predicted molar refractivity (Wildman–Crippen MR) is 72.9 cm³/mol. The van der Waals surface area contributed by atoms with Crippen molar-refractivity contribution < 1.29 is 13.2 Å². The van der Waals surface area contributed by atoms with Crippen LogP contribution in [0, 0.1) is 0 Å². The van der Waals surface area contributed by atoms with E-state index in [1.807, 2.05) is 18.2 Å². The van der Waals surface area contributed by atoms with E-state index in [1.54, 1.807) is 0 Å². The van der Waals surface area contributed by atoms with Gasteiger partial charge in [0.2, 0.25) is 10.0 Å². The molecule has 0 aromatic heterocycles. The van der Waals surface area contributed by atoms with Crippen molar-refractivity contribution in [1.29, 1.82) is 0 Å². The summed E-state index contributed by atoms with van der Waals surface area (Å²) in [6, 6.07) is 5.58. The van der Waals surface area contributed by atoms with Gasteiger partial charge < -0.3 is 10.5 Å². The van der Waals surface area contributed by atoms with Crippen LogP contribution in [0.1, 0.15) is 24.0 Å². The van der Waals surface area contributed by atoms with Crippen molar-refractivity contribution in [3.63, 3.8) is 0 Å². The Morgan fingerprint density at radius 1 is 1.32 bits per heavy atom. The van der Waals surface area contributed by atoms with Gasteiger partial charge in [0.15, 0.2) is 0 Å². The first-order valence-electron chi connectivity index (χ1n) is 6.51. The predicted octanol–water partition coefficient (Wildman–Crippen LogP) is 1.09. The maximum atomic E-state index is 12.4. The number of ether oxygens (including phenoxy) is 1. The SMILES string of the molecule is Nc1ccc2c(c1)CN(S(=O)(=O)CC1CCCO1)C2. The van der Waals surface area contributed by atoms with Crippen LogP contribution in [0.3, 0.4) is 0 Å². The van der Waals surface area contributed by atoms with E-state index in [1.165, 1.54) is 4.31 Å². The molecule has 2 N–H and O–H groups in total. The summed E-state index contributed by atoms with van der Waals surface area (Å²) < 4.78 is 31.7. The van der Waals surface area contributed by atoms with Gasteiger partial charge in [0.05, 0.1) is 11.9 Å². The fourth-order valence-electron chi connectivity index (χ4n) is 2.70. The van der Waals surface area contributed by atoms with E-state index in [-0.39, 0.29) is 11.9 Å². The maximum Gasteiger partial charge on any atom is 0.217 e. The molecule has 3 rings (SSSR count). The van der Waals surface area contributed by atoms with Crippen LogP contribution in [0.2, 0.25) is 0 Å². The Morgan fingerprint density at radius 2 is 2.11 bits per heavy atom. The third kappa shape index (κ3) is 2.61. The molecule has 2 aliphatic heterocycles. The van der Waals surface area contributed by atoms with Crippen LogP contribution in [0.5, 0.6) is 0 Å². The van der Waals surface area contributed by atoms with Crippen LogP contribution in [0.4, 0.5) is 5.69 Å². The summed E-state index contributed by atoms with van der Waals surface area (Å²) in [4.78, 5) is 0. The number of rotatable bonds is 3. The third-order valence-corrected chi connectivity index (χ3v) is 5.58. The highest BCUT2D eigenvalue weighted by Crippen LogP contribution is 2.28. The number of hydrogen-bond acceptors (Lipinski definition) is 4. The second-order valence-corrected chi connectivity index (χ2v) is 7.22. The standard InChI is InChI=1S/C13H18N2O3S/c14-12-4-3-10-7-15(8-11(10)6-12)19(16,17)9-13-2-1-5-18-13/h3-4,6,13H,1-2,5,7-9,14H2. The zero-order valence-corrected chi connectivity index (χ0v) is 11.5. The monoisotopic (exact) mass is 282 g/mol. The Bertz CT molecular complexity index is 580. The first kappa shape index (κ1) is 12.9. The molecule has 0 amide bonds. The molecule has 1 aromatic carbocycles. The van der Waals surface area contributed by atoms with E-state index in [4.69, 9.17) is 10.5 Å². The van der Waals surface area contributed by atoms with Crippen LogP contribution in [0.15, 0.2) is 18.2 Å². The largest absolute Gasteiger partial charge is 0.399 e. The molecule has 0 aliphatic carbocycles. The van der Waals surface area contributed by atoms with Gasteiger partial charge in [-0.1, -0.05) is 6.07 Å². The summed E-state index contributed by atoms with van der Waals surface area (Å²) in [5.74, 6) is 0.0937. The number of nitrogens with two attached hydrogens (primary N) is 1.